The van der Waals surface area contributed by atoms with Crippen LogP contribution in [0, 0.1) is 5.41 Å². The van der Waals surface area contributed by atoms with Crippen LogP contribution >= 0.6 is 7.60 Å². The van der Waals surface area contributed by atoms with Gasteiger partial charge in [0.25, 0.3) is 0 Å². The van der Waals surface area contributed by atoms with Crippen LogP contribution in [0.2, 0.25) is 0 Å². The number of hydrogen-bond donors (Lipinski definition) is 0. The van der Waals surface area contributed by atoms with Gasteiger partial charge in [0.2, 0.25) is 0 Å². The zero-order valence-electron chi connectivity index (χ0n) is 17.4. The molecule has 1 fully saturated rings. The molecule has 1 rings (SSSR count). The van der Waals surface area contributed by atoms with Gasteiger partial charge < -0.3 is 13.8 Å². The second-order valence-corrected chi connectivity index (χ2v) is 11.2. The Morgan fingerprint density at radius 2 is 1.64 bits per heavy atom. The summed E-state index contributed by atoms with van der Waals surface area (Å²) in [6, 6.07) is 0. The number of carbonyl (C=O) groups is 1. The second kappa shape index (κ2) is 7.18. The highest BCUT2D eigenvalue weighted by molar-refractivity contribution is 7.55. The van der Waals surface area contributed by atoms with E-state index in [0.717, 1.165) is 0 Å². The molecule has 0 aliphatic carbocycles. The van der Waals surface area contributed by atoms with Gasteiger partial charge in [0, 0.05) is 14.2 Å². The van der Waals surface area contributed by atoms with Gasteiger partial charge in [0.15, 0.2) is 0 Å². The first-order chi connectivity index (χ1) is 11.2. The van der Waals surface area contributed by atoms with Gasteiger partial charge in [0.1, 0.15) is 10.9 Å². The smallest absolute Gasteiger partial charge is 0.411 e. The molecule has 25 heavy (non-hydrogen) atoms. The van der Waals surface area contributed by atoms with Gasteiger partial charge in [-0.3, -0.25) is 14.4 Å². The normalized spacial score (nSPS) is 26.2. The van der Waals surface area contributed by atoms with Crippen molar-refractivity contribution in [3.63, 3.8) is 0 Å². The minimum Gasteiger partial charge on any atom is -0.444 e. The molecule has 0 spiro atoms. The van der Waals surface area contributed by atoms with Crippen molar-refractivity contribution in [2.24, 2.45) is 5.41 Å². The highest BCUT2D eigenvalue weighted by Crippen LogP contribution is 2.65. The first-order valence-electron chi connectivity index (χ1n) is 8.63. The van der Waals surface area contributed by atoms with Crippen molar-refractivity contribution in [1.82, 2.24) is 9.80 Å². The van der Waals surface area contributed by atoms with E-state index in [0.29, 0.717) is 6.42 Å². The number of hydrogen-bond acceptors (Lipinski definition) is 6. The summed E-state index contributed by atoms with van der Waals surface area (Å²) in [4.78, 5) is 16.5. The van der Waals surface area contributed by atoms with Crippen molar-refractivity contribution in [2.45, 2.75) is 71.9 Å². The van der Waals surface area contributed by atoms with Gasteiger partial charge in [-0.25, -0.2) is 4.79 Å². The summed E-state index contributed by atoms with van der Waals surface area (Å²) < 4.78 is 29.7. The first-order valence-corrected chi connectivity index (χ1v) is 10.2. The average molecular weight is 378 g/mol. The quantitative estimate of drug-likeness (QED) is 0.685. The number of carbonyl (C=O) groups excluding carboxylic acids is 1. The Labute approximate surface area is 152 Å². The largest absolute Gasteiger partial charge is 0.444 e. The Bertz CT molecular complexity index is 532. The van der Waals surface area contributed by atoms with Crippen LogP contribution in [-0.4, -0.2) is 60.8 Å². The zero-order valence-corrected chi connectivity index (χ0v) is 18.3. The van der Waals surface area contributed by atoms with Crippen molar-refractivity contribution in [2.75, 3.05) is 27.8 Å². The highest BCUT2D eigenvalue weighted by atomic mass is 31.2. The van der Waals surface area contributed by atoms with Crippen molar-refractivity contribution in [3.8, 4) is 0 Å². The predicted octanol–water partition coefficient (Wildman–Crippen LogP) is 4.13. The minimum atomic E-state index is -3.47. The van der Waals surface area contributed by atoms with E-state index in [1.807, 2.05) is 60.4 Å². The van der Waals surface area contributed by atoms with E-state index >= 15 is 0 Å². The molecule has 0 radical (unpaired) electrons. The summed E-state index contributed by atoms with van der Waals surface area (Å²) in [5, 5.41) is -0.925. The lowest BCUT2D eigenvalue weighted by molar-refractivity contribution is -0.00874. The average Bonchev–Trinajstić information content (AvgIpc) is 2.79. The molecule has 0 aromatic heterocycles. The lowest BCUT2D eigenvalue weighted by Gasteiger charge is -2.43. The van der Waals surface area contributed by atoms with Crippen LogP contribution in [0.5, 0.6) is 0 Å². The second-order valence-electron chi connectivity index (χ2n) is 8.66. The van der Waals surface area contributed by atoms with Gasteiger partial charge in [-0.1, -0.05) is 27.7 Å². The van der Waals surface area contributed by atoms with Crippen LogP contribution in [0.15, 0.2) is 0 Å². The molecule has 2 atom stereocenters. The van der Waals surface area contributed by atoms with Crippen LogP contribution < -0.4 is 0 Å². The maximum atomic E-state index is 13.4. The zero-order chi connectivity index (χ0) is 19.8. The van der Waals surface area contributed by atoms with E-state index in [2.05, 4.69) is 0 Å². The number of amides is 1. The molecule has 148 valence electrons. The lowest BCUT2D eigenvalue weighted by Crippen LogP contribution is -2.52. The van der Waals surface area contributed by atoms with Gasteiger partial charge >= 0.3 is 13.7 Å². The fourth-order valence-electron chi connectivity index (χ4n) is 3.69. The lowest BCUT2D eigenvalue weighted by atomic mass is 9.91. The molecule has 0 saturated carbocycles. The fourth-order valence-corrected chi connectivity index (χ4v) is 5.73. The van der Waals surface area contributed by atoms with E-state index < -0.39 is 24.6 Å². The van der Waals surface area contributed by atoms with E-state index in [1.165, 1.54) is 14.2 Å². The number of rotatable bonds is 4. The highest BCUT2D eigenvalue weighted by Gasteiger charge is 2.63. The SMILES string of the molecule is CC[C@]1(P(=O)(OC)OC)CN(C(=O)OC(C)(C)C)[C@H](C(C)(C)C)N1C. The molecule has 1 aliphatic heterocycles. The van der Waals surface area contributed by atoms with Crippen LogP contribution in [0.1, 0.15) is 54.9 Å². The number of likely N-dealkylation sites (N-methyl/N-ethyl adjacent to an activating group) is 1. The van der Waals surface area contributed by atoms with Crippen molar-refractivity contribution >= 4 is 13.7 Å². The summed E-state index contributed by atoms with van der Waals surface area (Å²) >= 11 is 0. The summed E-state index contributed by atoms with van der Waals surface area (Å²) in [7, 11) is 1.17. The maximum absolute atomic E-state index is 13.4. The van der Waals surface area contributed by atoms with E-state index in [-0.39, 0.29) is 18.1 Å². The molecular weight excluding hydrogens is 343 g/mol. The van der Waals surface area contributed by atoms with Crippen molar-refractivity contribution in [1.29, 1.82) is 0 Å². The summed E-state index contributed by atoms with van der Waals surface area (Å²) in [5.41, 5.74) is -0.892. The maximum Gasteiger partial charge on any atom is 0.411 e. The van der Waals surface area contributed by atoms with Gasteiger partial charge in [-0.05, 0) is 39.7 Å². The van der Waals surface area contributed by atoms with Crippen molar-refractivity contribution < 1.29 is 23.1 Å². The van der Waals surface area contributed by atoms with Crippen molar-refractivity contribution in [3.05, 3.63) is 0 Å². The van der Waals surface area contributed by atoms with Gasteiger partial charge in [-0.15, -0.1) is 0 Å². The monoisotopic (exact) mass is 378 g/mol. The molecule has 1 heterocycles. The van der Waals surface area contributed by atoms with E-state index in [9.17, 15) is 9.36 Å². The van der Waals surface area contributed by atoms with Crippen LogP contribution in [-0.2, 0) is 18.3 Å². The molecule has 0 bridgehead atoms. The van der Waals surface area contributed by atoms with Crippen LogP contribution in [0.4, 0.5) is 4.79 Å². The van der Waals surface area contributed by atoms with Crippen LogP contribution in [0.3, 0.4) is 0 Å². The summed E-state index contributed by atoms with van der Waals surface area (Å²) in [6.45, 7) is 13.8. The molecule has 7 nitrogen and oxygen atoms in total. The molecule has 0 aromatic carbocycles. The molecule has 1 saturated heterocycles. The Morgan fingerprint density at radius 3 is 1.96 bits per heavy atom. The molecule has 0 N–H and O–H groups in total. The summed E-state index contributed by atoms with van der Waals surface area (Å²) in [5.74, 6) is 0. The first kappa shape index (κ1) is 22.4. The topological polar surface area (TPSA) is 68.3 Å². The number of nitrogens with zero attached hydrogens (tertiary/aromatic N) is 2. The molecule has 0 unspecified atom stereocenters. The molecule has 1 aliphatic rings. The molecule has 1 amide bonds. The Kier molecular flexibility index (Phi) is 6.44. The van der Waals surface area contributed by atoms with Gasteiger partial charge in [-0.2, -0.15) is 0 Å². The summed E-state index contributed by atoms with van der Waals surface area (Å²) in [6.07, 6.45) is -0.219. The van der Waals surface area contributed by atoms with Gasteiger partial charge in [0.05, 0.1) is 12.7 Å². The van der Waals surface area contributed by atoms with Crippen LogP contribution in [0.25, 0.3) is 0 Å². The minimum absolute atomic E-state index is 0.218. The molecular formula is C17H35N2O5P. The van der Waals surface area contributed by atoms with E-state index in [4.69, 9.17) is 13.8 Å². The molecule has 0 aromatic rings. The Hall–Kier alpha value is -0.620. The number of ether oxygens (including phenoxy) is 1. The fraction of sp³-hybridized carbons (Fsp3) is 0.941. The molecule has 8 heteroatoms. The Balaban J connectivity index is 3.44. The third-order valence-electron chi connectivity index (χ3n) is 4.70. The third kappa shape index (κ3) is 4.05. The predicted molar refractivity (Wildman–Crippen MR) is 98.6 cm³/mol. The standard InChI is InChI=1S/C17H35N2O5P/c1-11-17(25(21,22-9)23-10)12-19(14(20)24-16(5,6)7)13(18(17)8)15(2,3)4/h13H,11-12H2,1-10H3/t13-,17+/m1/s1. The third-order valence-corrected chi connectivity index (χ3v) is 7.46. The van der Waals surface area contributed by atoms with E-state index in [1.54, 1.807) is 4.90 Å². The Morgan fingerprint density at radius 1 is 1.16 bits per heavy atom.